The average molecular weight is 469 g/mol. The SMILES string of the molecule is CC1C=c2c(ccc3c2=CC(=O)c2cc(N4CCNC(Cc5cccs5)C4)ccc2-3)C(C)C1=O. The van der Waals surface area contributed by atoms with Crippen molar-refractivity contribution in [2.75, 3.05) is 24.5 Å². The second kappa shape index (κ2) is 8.33. The van der Waals surface area contributed by atoms with Crippen LogP contribution in [0.25, 0.3) is 23.3 Å². The van der Waals surface area contributed by atoms with E-state index in [1.54, 1.807) is 6.08 Å². The van der Waals surface area contributed by atoms with Gasteiger partial charge in [0.1, 0.15) is 5.78 Å². The van der Waals surface area contributed by atoms with E-state index in [0.717, 1.165) is 64.4 Å². The number of benzene rings is 2. The molecular formula is C29H28N2O2S. The summed E-state index contributed by atoms with van der Waals surface area (Å²) in [4.78, 5) is 29.6. The number of fused-ring (bicyclic) bond motifs is 5. The second-order valence-electron chi connectivity index (χ2n) is 9.73. The van der Waals surface area contributed by atoms with Gasteiger partial charge in [-0.3, -0.25) is 9.59 Å². The van der Waals surface area contributed by atoms with Gasteiger partial charge in [0.25, 0.3) is 0 Å². The van der Waals surface area contributed by atoms with Crippen molar-refractivity contribution in [3.05, 3.63) is 74.3 Å². The average Bonchev–Trinajstić information content (AvgIpc) is 3.36. The van der Waals surface area contributed by atoms with Crippen LogP contribution in [0, 0.1) is 5.92 Å². The van der Waals surface area contributed by atoms with Crippen LogP contribution in [0.3, 0.4) is 0 Å². The lowest BCUT2D eigenvalue weighted by Crippen LogP contribution is -2.51. The number of carbonyl (C=O) groups is 2. The Bertz CT molecular complexity index is 1420. The summed E-state index contributed by atoms with van der Waals surface area (Å²) in [5.74, 6) is 0.0279. The highest BCUT2D eigenvalue weighted by atomic mass is 32.1. The molecule has 1 aromatic heterocycles. The standard InChI is InChI=1S/C29H28N2O2S/c1-17-12-25-22(18(2)29(17)33)7-8-23-24-6-5-20(14-27(24)28(32)15-26(23)25)31-10-9-30-19(16-31)13-21-4-3-11-34-21/h3-8,11-12,14-15,17-19,30H,9-10,13,16H2,1-2H3. The molecule has 1 N–H and O–H groups in total. The van der Waals surface area contributed by atoms with Crippen LogP contribution in [0.15, 0.2) is 47.8 Å². The second-order valence-corrected chi connectivity index (χ2v) is 10.8. The highest BCUT2D eigenvalue weighted by Crippen LogP contribution is 2.31. The molecule has 3 atom stereocenters. The van der Waals surface area contributed by atoms with Gasteiger partial charge in [-0.05, 0) is 63.2 Å². The summed E-state index contributed by atoms with van der Waals surface area (Å²) in [5.41, 5.74) is 4.99. The number of piperazine rings is 1. The van der Waals surface area contributed by atoms with E-state index in [1.807, 2.05) is 31.3 Å². The minimum Gasteiger partial charge on any atom is -0.369 e. The largest absolute Gasteiger partial charge is 0.369 e. The molecule has 2 aromatic carbocycles. The lowest BCUT2D eigenvalue weighted by atomic mass is 9.79. The van der Waals surface area contributed by atoms with Crippen LogP contribution < -0.4 is 20.7 Å². The van der Waals surface area contributed by atoms with Gasteiger partial charge in [-0.15, -0.1) is 11.3 Å². The fourth-order valence-electron chi connectivity index (χ4n) is 5.73. The number of hydrogen-bond acceptors (Lipinski definition) is 5. The highest BCUT2D eigenvalue weighted by Gasteiger charge is 2.28. The first-order chi connectivity index (χ1) is 16.5. The molecule has 0 amide bonds. The van der Waals surface area contributed by atoms with Crippen molar-refractivity contribution in [3.8, 4) is 11.1 Å². The Kier molecular flexibility index (Phi) is 5.27. The Morgan fingerprint density at radius 1 is 1.03 bits per heavy atom. The maximum absolute atomic E-state index is 13.3. The van der Waals surface area contributed by atoms with Gasteiger partial charge in [0.2, 0.25) is 0 Å². The van der Waals surface area contributed by atoms with Crippen molar-refractivity contribution in [1.82, 2.24) is 5.32 Å². The van der Waals surface area contributed by atoms with E-state index < -0.39 is 0 Å². The zero-order valence-corrected chi connectivity index (χ0v) is 20.3. The third kappa shape index (κ3) is 3.55. The third-order valence-electron chi connectivity index (χ3n) is 7.56. The molecule has 6 rings (SSSR count). The van der Waals surface area contributed by atoms with E-state index in [1.165, 1.54) is 4.88 Å². The first-order valence-electron chi connectivity index (χ1n) is 12.1. The minimum atomic E-state index is -0.137. The molecule has 34 heavy (non-hydrogen) atoms. The molecule has 3 aromatic rings. The molecule has 5 heteroatoms. The summed E-state index contributed by atoms with van der Waals surface area (Å²) in [5, 5.41) is 7.80. The Morgan fingerprint density at radius 3 is 2.71 bits per heavy atom. The van der Waals surface area contributed by atoms with Crippen LogP contribution in [0.1, 0.15) is 40.6 Å². The molecule has 3 unspecified atom stereocenters. The summed E-state index contributed by atoms with van der Waals surface area (Å²) in [6.45, 7) is 6.72. The quantitative estimate of drug-likeness (QED) is 0.639. The molecule has 0 radical (unpaired) electrons. The molecule has 1 fully saturated rings. The summed E-state index contributed by atoms with van der Waals surface area (Å²) in [6, 6.07) is 15.2. The molecule has 2 aliphatic carbocycles. The molecule has 1 saturated heterocycles. The van der Waals surface area contributed by atoms with Gasteiger partial charge in [-0.2, -0.15) is 0 Å². The van der Waals surface area contributed by atoms with Gasteiger partial charge in [-0.1, -0.05) is 44.2 Å². The maximum Gasteiger partial charge on any atom is 0.187 e. The molecule has 0 bridgehead atoms. The normalized spacial score (nSPS) is 23.5. The molecule has 0 spiro atoms. The number of Topliss-reactive ketones (excluding diaryl/α,β-unsaturated/α-hetero) is 2. The number of hydrogen-bond donors (Lipinski definition) is 1. The first kappa shape index (κ1) is 21.5. The van der Waals surface area contributed by atoms with Crippen molar-refractivity contribution in [3.63, 3.8) is 0 Å². The molecular weight excluding hydrogens is 440 g/mol. The number of anilines is 1. The van der Waals surface area contributed by atoms with Crippen molar-refractivity contribution >= 4 is 40.7 Å². The summed E-state index contributed by atoms with van der Waals surface area (Å²) < 4.78 is 0. The van der Waals surface area contributed by atoms with Gasteiger partial charge >= 0.3 is 0 Å². The van der Waals surface area contributed by atoms with E-state index >= 15 is 0 Å². The maximum atomic E-state index is 13.3. The van der Waals surface area contributed by atoms with Crippen LogP contribution >= 0.6 is 11.3 Å². The zero-order chi connectivity index (χ0) is 23.4. The van der Waals surface area contributed by atoms with Crippen molar-refractivity contribution in [2.24, 2.45) is 5.92 Å². The van der Waals surface area contributed by atoms with E-state index in [0.29, 0.717) is 6.04 Å². The minimum absolute atomic E-state index is 0.0497. The van der Waals surface area contributed by atoms with E-state index in [4.69, 9.17) is 0 Å². The first-order valence-corrected chi connectivity index (χ1v) is 13.0. The van der Waals surface area contributed by atoms with Gasteiger partial charge in [-0.25, -0.2) is 0 Å². The fraction of sp³-hybridized carbons (Fsp3) is 0.310. The Morgan fingerprint density at radius 2 is 1.88 bits per heavy atom. The summed E-state index contributed by atoms with van der Waals surface area (Å²) in [7, 11) is 0. The van der Waals surface area contributed by atoms with Crippen LogP contribution in [0.5, 0.6) is 0 Å². The topological polar surface area (TPSA) is 49.4 Å². The van der Waals surface area contributed by atoms with Crippen molar-refractivity contribution < 1.29 is 9.59 Å². The zero-order valence-electron chi connectivity index (χ0n) is 19.5. The number of rotatable bonds is 3. The smallest absolute Gasteiger partial charge is 0.187 e. The summed E-state index contributed by atoms with van der Waals surface area (Å²) >= 11 is 1.81. The van der Waals surface area contributed by atoms with Gasteiger partial charge in [0.15, 0.2) is 5.78 Å². The van der Waals surface area contributed by atoms with E-state index in [-0.39, 0.29) is 23.4 Å². The number of carbonyl (C=O) groups excluding carboxylic acids is 2. The van der Waals surface area contributed by atoms with Crippen LogP contribution in [0.4, 0.5) is 5.69 Å². The number of nitrogens with zero attached hydrogens (tertiary/aromatic N) is 1. The summed E-state index contributed by atoms with van der Waals surface area (Å²) in [6.07, 6.45) is 4.84. The molecule has 3 aliphatic rings. The Balaban J connectivity index is 1.35. The predicted octanol–water partition coefficient (Wildman–Crippen LogP) is 3.52. The van der Waals surface area contributed by atoms with Crippen LogP contribution in [0.2, 0.25) is 0 Å². The highest BCUT2D eigenvalue weighted by molar-refractivity contribution is 7.09. The molecule has 2 heterocycles. The van der Waals surface area contributed by atoms with Gasteiger partial charge in [0.05, 0.1) is 0 Å². The van der Waals surface area contributed by atoms with Crippen molar-refractivity contribution in [2.45, 2.75) is 32.2 Å². The molecule has 1 aliphatic heterocycles. The lowest BCUT2D eigenvalue weighted by Gasteiger charge is -2.35. The monoisotopic (exact) mass is 468 g/mol. The predicted molar refractivity (Wildman–Crippen MR) is 139 cm³/mol. The van der Waals surface area contributed by atoms with Crippen molar-refractivity contribution in [1.29, 1.82) is 0 Å². The van der Waals surface area contributed by atoms with E-state index in [2.05, 4.69) is 58.1 Å². The van der Waals surface area contributed by atoms with Crippen LogP contribution in [-0.2, 0) is 11.2 Å². The number of ketones is 2. The lowest BCUT2D eigenvalue weighted by molar-refractivity contribution is -0.122. The van der Waals surface area contributed by atoms with Crippen LogP contribution in [-0.4, -0.2) is 37.2 Å². The fourth-order valence-corrected chi connectivity index (χ4v) is 6.52. The Labute approximate surface area is 203 Å². The van der Waals surface area contributed by atoms with E-state index in [9.17, 15) is 9.59 Å². The number of nitrogens with one attached hydrogen (secondary N) is 1. The third-order valence-corrected chi connectivity index (χ3v) is 8.46. The molecule has 0 saturated carbocycles. The molecule has 172 valence electrons. The Hall–Kier alpha value is -3.02. The molecule has 4 nitrogen and oxygen atoms in total. The number of thiophene rings is 1. The van der Waals surface area contributed by atoms with Gasteiger partial charge < -0.3 is 10.2 Å². The van der Waals surface area contributed by atoms with Gasteiger partial charge in [0, 0.05) is 53.6 Å².